The van der Waals surface area contributed by atoms with Crippen molar-refractivity contribution in [2.75, 3.05) is 6.54 Å². The lowest BCUT2D eigenvalue weighted by Crippen LogP contribution is -2.20. The van der Waals surface area contributed by atoms with Crippen molar-refractivity contribution in [2.24, 2.45) is 0 Å². The van der Waals surface area contributed by atoms with E-state index in [0.29, 0.717) is 6.54 Å². The number of nitrogens with one attached hydrogen (secondary N) is 1. The lowest BCUT2D eigenvalue weighted by Gasteiger charge is -1.99. The standard InChI is InChI=1S/C13H17NO2/c1-11(16)14-8-3-2-5-12-6-4-7-13(9-12)10-15/h2,4-7,9,15H,3,8,10H2,1H3,(H,14,16). The summed E-state index contributed by atoms with van der Waals surface area (Å²) < 4.78 is 0. The number of amides is 1. The van der Waals surface area contributed by atoms with Gasteiger partial charge in [0.25, 0.3) is 0 Å². The second-order valence-corrected chi connectivity index (χ2v) is 3.58. The number of benzene rings is 1. The maximum absolute atomic E-state index is 10.6. The van der Waals surface area contributed by atoms with Crippen LogP contribution in [-0.2, 0) is 11.4 Å². The second-order valence-electron chi connectivity index (χ2n) is 3.58. The van der Waals surface area contributed by atoms with Crippen molar-refractivity contribution < 1.29 is 9.90 Å². The van der Waals surface area contributed by atoms with E-state index in [1.807, 2.05) is 36.4 Å². The summed E-state index contributed by atoms with van der Waals surface area (Å²) in [5, 5.41) is 11.7. The third-order valence-electron chi connectivity index (χ3n) is 2.13. The Morgan fingerprint density at radius 3 is 3.00 bits per heavy atom. The second kappa shape index (κ2) is 6.80. The molecule has 1 amide bonds. The number of rotatable bonds is 5. The highest BCUT2D eigenvalue weighted by Gasteiger charge is 1.91. The molecule has 3 heteroatoms. The largest absolute Gasteiger partial charge is 0.392 e. The van der Waals surface area contributed by atoms with Crippen LogP contribution in [0.1, 0.15) is 24.5 Å². The lowest BCUT2D eigenvalue weighted by atomic mass is 10.1. The Labute approximate surface area is 95.8 Å². The fourth-order valence-corrected chi connectivity index (χ4v) is 1.35. The van der Waals surface area contributed by atoms with Gasteiger partial charge in [0, 0.05) is 13.5 Å². The van der Waals surface area contributed by atoms with Gasteiger partial charge in [-0.15, -0.1) is 0 Å². The summed E-state index contributed by atoms with van der Waals surface area (Å²) in [6.07, 6.45) is 4.80. The highest BCUT2D eigenvalue weighted by molar-refractivity contribution is 5.72. The first-order valence-electron chi connectivity index (χ1n) is 5.33. The van der Waals surface area contributed by atoms with Crippen LogP contribution in [0.3, 0.4) is 0 Å². The number of carbonyl (C=O) groups excluding carboxylic acids is 1. The number of aliphatic hydroxyl groups excluding tert-OH is 1. The average Bonchev–Trinajstić information content (AvgIpc) is 2.28. The zero-order chi connectivity index (χ0) is 11.8. The number of carbonyl (C=O) groups is 1. The van der Waals surface area contributed by atoms with Gasteiger partial charge in [-0.3, -0.25) is 4.79 Å². The van der Waals surface area contributed by atoms with Gasteiger partial charge < -0.3 is 10.4 Å². The molecule has 2 N–H and O–H groups in total. The lowest BCUT2D eigenvalue weighted by molar-refractivity contribution is -0.118. The smallest absolute Gasteiger partial charge is 0.216 e. The highest BCUT2D eigenvalue weighted by Crippen LogP contribution is 2.07. The van der Waals surface area contributed by atoms with Gasteiger partial charge in [-0.25, -0.2) is 0 Å². The molecule has 0 saturated carbocycles. The van der Waals surface area contributed by atoms with Crippen molar-refractivity contribution in [1.29, 1.82) is 0 Å². The summed E-state index contributed by atoms with van der Waals surface area (Å²) in [7, 11) is 0. The normalized spacial score (nSPS) is 10.6. The number of aliphatic hydroxyl groups is 1. The molecule has 0 aliphatic rings. The van der Waals surface area contributed by atoms with Crippen molar-refractivity contribution in [2.45, 2.75) is 20.0 Å². The fourth-order valence-electron chi connectivity index (χ4n) is 1.35. The number of hydrogen-bond acceptors (Lipinski definition) is 2. The van der Waals surface area contributed by atoms with Gasteiger partial charge in [-0.2, -0.15) is 0 Å². The first-order valence-corrected chi connectivity index (χ1v) is 5.33. The molecule has 0 spiro atoms. The van der Waals surface area contributed by atoms with Crippen LogP contribution in [-0.4, -0.2) is 17.6 Å². The molecule has 0 radical (unpaired) electrons. The Balaban J connectivity index is 2.40. The zero-order valence-electron chi connectivity index (χ0n) is 9.44. The minimum Gasteiger partial charge on any atom is -0.392 e. The molecule has 86 valence electrons. The molecule has 0 heterocycles. The topological polar surface area (TPSA) is 49.3 Å². The van der Waals surface area contributed by atoms with Crippen LogP contribution in [0.15, 0.2) is 30.3 Å². The minimum absolute atomic E-state index is 0.00400. The van der Waals surface area contributed by atoms with Gasteiger partial charge in [0.15, 0.2) is 0 Å². The first kappa shape index (κ1) is 12.5. The fraction of sp³-hybridized carbons (Fsp3) is 0.308. The summed E-state index contributed by atoms with van der Waals surface area (Å²) in [5.74, 6) is -0.00400. The van der Waals surface area contributed by atoms with E-state index in [1.165, 1.54) is 6.92 Å². The van der Waals surface area contributed by atoms with Crippen molar-refractivity contribution >= 4 is 12.0 Å². The Morgan fingerprint density at radius 2 is 2.31 bits per heavy atom. The molecule has 3 nitrogen and oxygen atoms in total. The molecule has 0 aliphatic heterocycles. The van der Waals surface area contributed by atoms with Gasteiger partial charge in [0.1, 0.15) is 0 Å². The van der Waals surface area contributed by atoms with Crippen LogP contribution in [0.5, 0.6) is 0 Å². The summed E-state index contributed by atoms with van der Waals surface area (Å²) in [5.41, 5.74) is 1.97. The molecule has 0 aromatic heterocycles. The molecule has 0 aliphatic carbocycles. The van der Waals surface area contributed by atoms with Crippen molar-refractivity contribution in [3.63, 3.8) is 0 Å². The average molecular weight is 219 g/mol. The minimum atomic E-state index is -0.00400. The van der Waals surface area contributed by atoms with Crippen molar-refractivity contribution in [3.05, 3.63) is 41.5 Å². The molecular formula is C13H17NO2. The Bertz CT molecular complexity index is 372. The van der Waals surface area contributed by atoms with Gasteiger partial charge >= 0.3 is 0 Å². The van der Waals surface area contributed by atoms with Gasteiger partial charge in [-0.1, -0.05) is 30.4 Å². The zero-order valence-corrected chi connectivity index (χ0v) is 9.44. The molecule has 0 fully saturated rings. The van der Waals surface area contributed by atoms with Crippen molar-refractivity contribution in [1.82, 2.24) is 5.32 Å². The van der Waals surface area contributed by atoms with E-state index >= 15 is 0 Å². The van der Waals surface area contributed by atoms with Crippen LogP contribution in [0.2, 0.25) is 0 Å². The molecule has 1 aromatic rings. The molecule has 1 rings (SSSR count). The molecule has 0 unspecified atom stereocenters. The third kappa shape index (κ3) is 4.75. The Kier molecular flexibility index (Phi) is 5.29. The maximum atomic E-state index is 10.6. The molecule has 16 heavy (non-hydrogen) atoms. The SMILES string of the molecule is CC(=O)NCCC=Cc1cccc(CO)c1. The van der Waals surface area contributed by atoms with Crippen LogP contribution >= 0.6 is 0 Å². The molecule has 0 bridgehead atoms. The summed E-state index contributed by atoms with van der Waals surface area (Å²) in [6.45, 7) is 2.23. The summed E-state index contributed by atoms with van der Waals surface area (Å²) in [6, 6.07) is 7.72. The summed E-state index contributed by atoms with van der Waals surface area (Å²) in [4.78, 5) is 10.6. The molecule has 0 atom stereocenters. The van der Waals surface area contributed by atoms with Crippen LogP contribution in [0, 0.1) is 0 Å². The Morgan fingerprint density at radius 1 is 1.50 bits per heavy atom. The van der Waals surface area contributed by atoms with Crippen LogP contribution < -0.4 is 5.32 Å². The third-order valence-corrected chi connectivity index (χ3v) is 2.13. The highest BCUT2D eigenvalue weighted by atomic mass is 16.3. The van der Waals surface area contributed by atoms with E-state index in [9.17, 15) is 4.79 Å². The summed E-state index contributed by atoms with van der Waals surface area (Å²) >= 11 is 0. The monoisotopic (exact) mass is 219 g/mol. The van der Waals surface area contributed by atoms with Gasteiger partial charge in [0.05, 0.1) is 6.61 Å². The van der Waals surface area contributed by atoms with Crippen LogP contribution in [0.4, 0.5) is 0 Å². The first-order chi connectivity index (χ1) is 7.72. The maximum Gasteiger partial charge on any atom is 0.216 e. The van der Waals surface area contributed by atoms with Crippen molar-refractivity contribution in [3.8, 4) is 0 Å². The molecule has 0 saturated heterocycles. The van der Waals surface area contributed by atoms with E-state index in [0.717, 1.165) is 17.5 Å². The predicted molar refractivity (Wildman–Crippen MR) is 64.7 cm³/mol. The van der Waals surface area contributed by atoms with Crippen LogP contribution in [0.25, 0.3) is 6.08 Å². The molecular weight excluding hydrogens is 202 g/mol. The van der Waals surface area contributed by atoms with Gasteiger partial charge in [-0.05, 0) is 23.6 Å². The van der Waals surface area contributed by atoms with E-state index in [1.54, 1.807) is 0 Å². The predicted octanol–water partition coefficient (Wildman–Crippen LogP) is 1.72. The van der Waals surface area contributed by atoms with E-state index in [-0.39, 0.29) is 12.5 Å². The molecule has 1 aromatic carbocycles. The van der Waals surface area contributed by atoms with E-state index < -0.39 is 0 Å². The Hall–Kier alpha value is -1.61. The van der Waals surface area contributed by atoms with E-state index in [4.69, 9.17) is 5.11 Å². The van der Waals surface area contributed by atoms with Gasteiger partial charge in [0.2, 0.25) is 5.91 Å². The number of hydrogen-bond donors (Lipinski definition) is 2. The van der Waals surface area contributed by atoms with E-state index in [2.05, 4.69) is 5.32 Å². The quantitative estimate of drug-likeness (QED) is 0.741.